The molecule has 0 aliphatic heterocycles. The Morgan fingerprint density at radius 3 is 2.67 bits per heavy atom. The predicted octanol–water partition coefficient (Wildman–Crippen LogP) is 3.54. The molecule has 0 amide bonds. The first-order chi connectivity index (χ1) is 10.2. The highest BCUT2D eigenvalue weighted by atomic mass is 32.1. The Balaban J connectivity index is 2.18. The fourth-order valence-electron chi connectivity index (χ4n) is 2.95. The van der Waals surface area contributed by atoms with Gasteiger partial charge in [-0.3, -0.25) is 0 Å². The lowest BCUT2D eigenvalue weighted by Gasteiger charge is -2.29. The number of thiazole rings is 1. The number of aromatic nitrogens is 1. The molecule has 0 radical (unpaired) electrons. The lowest BCUT2D eigenvalue weighted by atomic mass is 10.1. The van der Waals surface area contributed by atoms with Crippen LogP contribution in [0.15, 0.2) is 0 Å². The number of methoxy groups -OCH3 is 1. The van der Waals surface area contributed by atoms with E-state index >= 15 is 0 Å². The maximum Gasteiger partial charge on any atom is 0.186 e. The largest absolute Gasteiger partial charge is 0.378 e. The molecule has 2 N–H and O–H groups in total. The Bertz CT molecular complexity index is 427. The number of nitrogens with zero attached hydrogens (tertiary/aromatic N) is 2. The highest BCUT2D eigenvalue weighted by molar-refractivity contribution is 7.15. The molecule has 21 heavy (non-hydrogen) atoms. The van der Waals surface area contributed by atoms with E-state index in [1.807, 2.05) is 0 Å². The van der Waals surface area contributed by atoms with E-state index < -0.39 is 0 Å². The van der Waals surface area contributed by atoms with Gasteiger partial charge in [-0.2, -0.15) is 0 Å². The van der Waals surface area contributed by atoms with E-state index in [9.17, 15) is 0 Å². The van der Waals surface area contributed by atoms with Crippen molar-refractivity contribution in [3.8, 4) is 0 Å². The summed E-state index contributed by atoms with van der Waals surface area (Å²) in [6.45, 7) is 6.80. The molecule has 0 bridgehead atoms. The smallest absolute Gasteiger partial charge is 0.186 e. The van der Waals surface area contributed by atoms with Gasteiger partial charge in [-0.15, -0.1) is 11.3 Å². The van der Waals surface area contributed by atoms with E-state index in [0.29, 0.717) is 19.2 Å². The van der Waals surface area contributed by atoms with Crippen LogP contribution in [0.25, 0.3) is 0 Å². The van der Waals surface area contributed by atoms with Crippen molar-refractivity contribution in [1.29, 1.82) is 0 Å². The number of hydrogen-bond donors (Lipinski definition) is 1. The zero-order chi connectivity index (χ0) is 15.2. The lowest BCUT2D eigenvalue weighted by Crippen LogP contribution is -2.34. The second-order valence-electron chi connectivity index (χ2n) is 6.32. The molecule has 1 aromatic rings. The van der Waals surface area contributed by atoms with Gasteiger partial charge in [0, 0.05) is 31.1 Å². The molecule has 120 valence electrons. The average molecular weight is 311 g/mol. The summed E-state index contributed by atoms with van der Waals surface area (Å²) in [5.41, 5.74) is 6.89. The van der Waals surface area contributed by atoms with Crippen molar-refractivity contribution >= 4 is 16.5 Å². The van der Waals surface area contributed by atoms with E-state index in [-0.39, 0.29) is 0 Å². The molecule has 0 unspecified atom stereocenters. The molecule has 0 atom stereocenters. The van der Waals surface area contributed by atoms with E-state index in [1.165, 1.54) is 37.0 Å². The van der Waals surface area contributed by atoms with Crippen LogP contribution in [-0.2, 0) is 17.9 Å². The van der Waals surface area contributed by atoms with Crippen molar-refractivity contribution in [2.75, 3.05) is 18.6 Å². The van der Waals surface area contributed by atoms with Gasteiger partial charge in [0.2, 0.25) is 0 Å². The first-order valence-corrected chi connectivity index (χ1v) is 8.91. The zero-order valence-electron chi connectivity index (χ0n) is 13.6. The molecular weight excluding hydrogens is 282 g/mol. The molecule has 2 rings (SSSR count). The van der Waals surface area contributed by atoms with Gasteiger partial charge >= 0.3 is 0 Å². The summed E-state index contributed by atoms with van der Waals surface area (Å²) in [5.74, 6) is 0.723. The topological polar surface area (TPSA) is 51.4 Å². The van der Waals surface area contributed by atoms with Gasteiger partial charge in [0.05, 0.1) is 12.3 Å². The van der Waals surface area contributed by atoms with E-state index in [2.05, 4.69) is 18.7 Å². The van der Waals surface area contributed by atoms with Gasteiger partial charge in [-0.1, -0.05) is 26.7 Å². The van der Waals surface area contributed by atoms with E-state index in [1.54, 1.807) is 18.4 Å². The van der Waals surface area contributed by atoms with Crippen LogP contribution in [0.4, 0.5) is 5.13 Å². The Kier molecular flexibility index (Phi) is 6.45. The number of ether oxygens (including phenoxy) is 1. The van der Waals surface area contributed by atoms with Gasteiger partial charge in [-0.25, -0.2) is 4.98 Å². The molecule has 1 aliphatic carbocycles. The van der Waals surface area contributed by atoms with Crippen molar-refractivity contribution in [3.05, 3.63) is 10.6 Å². The standard InChI is InChI=1S/C16H29N3OS/c1-12(2)8-9-19(13-6-4-5-7-13)16-18-14(11-20-3)15(10-17)21-16/h12-13H,4-11,17H2,1-3H3. The second kappa shape index (κ2) is 8.11. The molecule has 1 aromatic heterocycles. The van der Waals surface area contributed by atoms with Gasteiger partial charge < -0.3 is 15.4 Å². The molecule has 1 aliphatic rings. The fraction of sp³-hybridized carbons (Fsp3) is 0.812. The van der Waals surface area contributed by atoms with Gasteiger partial charge in [0.15, 0.2) is 5.13 Å². The SMILES string of the molecule is COCc1nc(N(CCC(C)C)C2CCCC2)sc1CN. The molecule has 1 heterocycles. The number of anilines is 1. The van der Waals surface area contributed by atoms with Crippen molar-refractivity contribution < 1.29 is 4.74 Å². The van der Waals surface area contributed by atoms with Gasteiger partial charge in [0.1, 0.15) is 0 Å². The normalized spacial score (nSPS) is 16.0. The third-order valence-electron chi connectivity index (χ3n) is 4.19. The quantitative estimate of drug-likeness (QED) is 0.798. The van der Waals surface area contributed by atoms with Crippen LogP contribution < -0.4 is 10.6 Å². The third kappa shape index (κ3) is 4.41. The summed E-state index contributed by atoms with van der Waals surface area (Å²) >= 11 is 1.76. The number of nitrogens with two attached hydrogens (primary N) is 1. The Morgan fingerprint density at radius 2 is 2.10 bits per heavy atom. The molecule has 1 saturated carbocycles. The van der Waals surface area contributed by atoms with Gasteiger partial charge in [-0.05, 0) is 25.2 Å². The van der Waals surface area contributed by atoms with E-state index in [0.717, 1.165) is 23.3 Å². The summed E-state index contributed by atoms with van der Waals surface area (Å²) in [6, 6.07) is 0.663. The first kappa shape index (κ1) is 16.7. The summed E-state index contributed by atoms with van der Waals surface area (Å²) < 4.78 is 5.26. The van der Waals surface area contributed by atoms with Crippen LogP contribution in [0.5, 0.6) is 0 Å². The molecule has 0 spiro atoms. The molecule has 5 heteroatoms. The van der Waals surface area contributed by atoms with Crippen LogP contribution in [0, 0.1) is 5.92 Å². The summed E-state index contributed by atoms with van der Waals surface area (Å²) in [5, 5.41) is 1.15. The highest BCUT2D eigenvalue weighted by Crippen LogP contribution is 2.33. The summed E-state index contributed by atoms with van der Waals surface area (Å²) in [7, 11) is 1.72. The molecule has 0 saturated heterocycles. The first-order valence-electron chi connectivity index (χ1n) is 8.10. The molecule has 1 fully saturated rings. The molecule has 4 nitrogen and oxygen atoms in total. The Hall–Kier alpha value is -0.650. The predicted molar refractivity (Wildman–Crippen MR) is 89.8 cm³/mol. The van der Waals surface area contributed by atoms with Gasteiger partial charge in [0.25, 0.3) is 0 Å². The minimum atomic E-state index is 0.555. The number of hydrogen-bond acceptors (Lipinski definition) is 5. The molecular formula is C16H29N3OS. The second-order valence-corrected chi connectivity index (χ2v) is 7.38. The minimum Gasteiger partial charge on any atom is -0.378 e. The van der Waals surface area contributed by atoms with E-state index in [4.69, 9.17) is 15.5 Å². The highest BCUT2D eigenvalue weighted by Gasteiger charge is 2.26. The Labute approximate surface area is 132 Å². The van der Waals surface area contributed by atoms with Crippen molar-refractivity contribution in [1.82, 2.24) is 4.98 Å². The zero-order valence-corrected chi connectivity index (χ0v) is 14.4. The third-order valence-corrected chi connectivity index (χ3v) is 5.35. The van der Waals surface area contributed by atoms with Crippen LogP contribution in [0.3, 0.4) is 0 Å². The van der Waals surface area contributed by atoms with Crippen LogP contribution >= 0.6 is 11.3 Å². The summed E-state index contributed by atoms with van der Waals surface area (Å²) in [4.78, 5) is 8.54. The summed E-state index contributed by atoms with van der Waals surface area (Å²) in [6.07, 6.45) is 6.52. The van der Waals surface area contributed by atoms with Crippen molar-refractivity contribution in [2.24, 2.45) is 11.7 Å². The van der Waals surface area contributed by atoms with Crippen LogP contribution in [-0.4, -0.2) is 24.7 Å². The fourth-order valence-corrected chi connectivity index (χ4v) is 3.99. The number of rotatable bonds is 8. The maximum absolute atomic E-state index is 5.87. The average Bonchev–Trinajstić information content (AvgIpc) is 3.09. The molecule has 0 aromatic carbocycles. The minimum absolute atomic E-state index is 0.555. The monoisotopic (exact) mass is 311 g/mol. The maximum atomic E-state index is 5.87. The van der Waals surface area contributed by atoms with Crippen LogP contribution in [0.2, 0.25) is 0 Å². The Morgan fingerprint density at radius 1 is 1.38 bits per heavy atom. The van der Waals surface area contributed by atoms with Crippen molar-refractivity contribution in [3.63, 3.8) is 0 Å². The van der Waals surface area contributed by atoms with Crippen LogP contribution in [0.1, 0.15) is 56.5 Å². The van der Waals surface area contributed by atoms with Crippen molar-refractivity contribution in [2.45, 2.75) is 65.1 Å². The lowest BCUT2D eigenvalue weighted by molar-refractivity contribution is 0.181.